The normalized spacial score (nSPS) is 14.3. The topological polar surface area (TPSA) is 37.3 Å². The van der Waals surface area contributed by atoms with Crippen LogP contribution in [0.5, 0.6) is 0 Å². The minimum absolute atomic E-state index is 0.764. The molecule has 12 heavy (non-hydrogen) atoms. The first-order valence-corrected chi connectivity index (χ1v) is 10.1. The zero-order valence-electron chi connectivity index (χ0n) is 7.93. The average molecular weight is 237 g/mol. The number of halogens is 1. The van der Waals surface area contributed by atoms with Crippen molar-refractivity contribution in [3.63, 3.8) is 0 Å². The molecule has 1 unspecified atom stereocenters. The summed E-state index contributed by atoms with van der Waals surface area (Å²) in [7, 11) is 0. The Bertz CT molecular complexity index is 149. The van der Waals surface area contributed by atoms with Crippen LogP contribution in [0.1, 0.15) is 20.8 Å². The fraction of sp³-hybridized carbons (Fsp3) is 0.875. The number of aliphatic carboxylic acids is 1. The molecular weight excluding hydrogens is 220 g/mol. The number of hydrogen-bond donors (Lipinski definition) is 1. The summed E-state index contributed by atoms with van der Waals surface area (Å²) in [5.74, 6) is -1.25. The summed E-state index contributed by atoms with van der Waals surface area (Å²) < 4.78 is 13.3. The molecule has 0 aliphatic heterocycles. The molecule has 0 saturated heterocycles. The number of hydrogen-bond acceptors (Lipinski definition) is 1. The Hall–Kier alpha value is -0.0571. The van der Waals surface area contributed by atoms with Gasteiger partial charge in [0.15, 0.2) is 0 Å². The molecule has 0 spiro atoms. The zero-order valence-corrected chi connectivity index (χ0v) is 10.0. The van der Waals surface area contributed by atoms with Crippen molar-refractivity contribution < 1.29 is 14.3 Å². The van der Waals surface area contributed by atoms with Crippen LogP contribution >= 0.6 is 0 Å². The molecule has 0 radical (unpaired) electrons. The van der Waals surface area contributed by atoms with Gasteiger partial charge in [0.2, 0.25) is 0 Å². The van der Waals surface area contributed by atoms with Gasteiger partial charge in [0.1, 0.15) is 0 Å². The van der Waals surface area contributed by atoms with Crippen molar-refractivity contribution in [1.29, 1.82) is 0 Å². The van der Waals surface area contributed by atoms with E-state index in [0.29, 0.717) is 0 Å². The molecule has 0 bridgehead atoms. The van der Waals surface area contributed by atoms with Gasteiger partial charge in [0.25, 0.3) is 0 Å². The Balaban J connectivity index is 4.58. The third-order valence-electron chi connectivity index (χ3n) is 2.87. The summed E-state index contributed by atoms with van der Waals surface area (Å²) >= 11 is -2.67. The predicted octanol–water partition coefficient (Wildman–Crippen LogP) is 2.46. The van der Waals surface area contributed by atoms with Gasteiger partial charge in [-0.15, -0.1) is 0 Å². The molecule has 0 saturated carbocycles. The second-order valence-corrected chi connectivity index (χ2v) is 14.4. The number of carboxylic acids is 1. The van der Waals surface area contributed by atoms with Crippen molar-refractivity contribution >= 4 is 19.2 Å². The number of carboxylic acid groups (broad SMARTS) is 1. The molecule has 1 atom stereocenters. The van der Waals surface area contributed by atoms with E-state index >= 15 is 0 Å². The van der Waals surface area contributed by atoms with Gasteiger partial charge < -0.3 is 0 Å². The van der Waals surface area contributed by atoms with E-state index in [-0.39, 0.29) is 0 Å². The molecule has 0 aliphatic rings. The maximum atomic E-state index is 13.3. The first kappa shape index (κ1) is 11.9. The summed E-state index contributed by atoms with van der Waals surface area (Å²) in [6, 6.07) is 0. The summed E-state index contributed by atoms with van der Waals surface area (Å²) in [5.41, 5.74) is 0. The number of carbonyl (C=O) groups is 1. The Kier molecular flexibility index (Phi) is 4.82. The van der Waals surface area contributed by atoms with Crippen LogP contribution in [-0.2, 0) is 4.79 Å². The minimum atomic E-state index is -2.67. The summed E-state index contributed by atoms with van der Waals surface area (Å²) in [6.07, 6.45) is 0. The van der Waals surface area contributed by atoms with Gasteiger partial charge in [-0.25, -0.2) is 0 Å². The fourth-order valence-electron chi connectivity index (χ4n) is 1.55. The van der Waals surface area contributed by atoms with Crippen LogP contribution in [0.15, 0.2) is 0 Å². The average Bonchev–Trinajstić information content (AvgIpc) is 2.08. The van der Waals surface area contributed by atoms with E-state index in [0.717, 1.165) is 15.8 Å². The molecule has 0 aromatic carbocycles. The van der Waals surface area contributed by atoms with E-state index < -0.39 is 24.2 Å². The zero-order chi connectivity index (χ0) is 9.78. The van der Waals surface area contributed by atoms with Gasteiger partial charge in [-0.3, -0.25) is 0 Å². The summed E-state index contributed by atoms with van der Waals surface area (Å²) in [5, 5.41) is 9.34. The molecule has 0 amide bonds. The Morgan fingerprint density at radius 2 is 1.67 bits per heavy atom. The van der Waals surface area contributed by atoms with Crippen LogP contribution in [0.2, 0.25) is 15.8 Å². The van der Waals surface area contributed by atoms with Crippen molar-refractivity contribution in [2.75, 3.05) is 0 Å². The van der Waals surface area contributed by atoms with E-state index in [9.17, 15) is 9.18 Å². The number of rotatable bonds is 5. The van der Waals surface area contributed by atoms with Crippen LogP contribution in [-0.4, -0.2) is 29.3 Å². The molecule has 4 heteroatoms. The molecule has 0 fully saturated rings. The molecule has 0 rings (SSSR count). The van der Waals surface area contributed by atoms with Crippen LogP contribution in [0.4, 0.5) is 4.39 Å². The van der Waals surface area contributed by atoms with Gasteiger partial charge in [0, 0.05) is 0 Å². The standard InChI is InChI=1S/C8H17FGeO2/c1-4-10(5-2,6-3)7(9)8(11)12/h7H,4-6H2,1-3H3,(H,11,12). The summed E-state index contributed by atoms with van der Waals surface area (Å²) in [4.78, 5) is 10.5. The van der Waals surface area contributed by atoms with E-state index in [1.54, 1.807) is 0 Å². The maximum absolute atomic E-state index is 13.3. The molecule has 72 valence electrons. The quantitative estimate of drug-likeness (QED) is 0.745. The predicted molar refractivity (Wildman–Crippen MR) is 49.7 cm³/mol. The SMILES string of the molecule is C[CH2][Ge]([CH2]C)([CH2]C)[CH](F)C(=O)O. The van der Waals surface area contributed by atoms with Gasteiger partial charge in [0.05, 0.1) is 0 Å². The Morgan fingerprint density at radius 3 is 1.75 bits per heavy atom. The second-order valence-electron chi connectivity index (χ2n) is 3.12. The molecular formula is C8H17FGeO2. The monoisotopic (exact) mass is 238 g/mol. The van der Waals surface area contributed by atoms with Crippen LogP contribution < -0.4 is 0 Å². The molecule has 0 aliphatic carbocycles. The number of alkyl halides is 1. The van der Waals surface area contributed by atoms with Crippen molar-refractivity contribution in [3.8, 4) is 0 Å². The third kappa shape index (κ3) is 2.22. The fourth-order valence-corrected chi connectivity index (χ4v) is 8.05. The van der Waals surface area contributed by atoms with Gasteiger partial charge in [-0.05, 0) is 0 Å². The molecule has 0 aromatic rings. The van der Waals surface area contributed by atoms with Crippen molar-refractivity contribution in [1.82, 2.24) is 0 Å². The van der Waals surface area contributed by atoms with Gasteiger partial charge in [-0.1, -0.05) is 0 Å². The molecule has 0 aromatic heterocycles. The van der Waals surface area contributed by atoms with Crippen molar-refractivity contribution in [2.45, 2.75) is 41.5 Å². The van der Waals surface area contributed by atoms with E-state index in [2.05, 4.69) is 0 Å². The van der Waals surface area contributed by atoms with Gasteiger partial charge in [-0.2, -0.15) is 0 Å². The van der Waals surface area contributed by atoms with Gasteiger partial charge >= 0.3 is 75.1 Å². The summed E-state index contributed by atoms with van der Waals surface area (Å²) in [6.45, 7) is 5.76. The van der Waals surface area contributed by atoms with Crippen LogP contribution in [0.25, 0.3) is 0 Å². The van der Waals surface area contributed by atoms with Crippen molar-refractivity contribution in [3.05, 3.63) is 0 Å². The van der Waals surface area contributed by atoms with Crippen molar-refractivity contribution in [2.24, 2.45) is 0 Å². The van der Waals surface area contributed by atoms with E-state index in [1.165, 1.54) is 0 Å². The molecule has 0 heterocycles. The third-order valence-corrected chi connectivity index (χ3v) is 14.5. The first-order valence-electron chi connectivity index (χ1n) is 4.41. The molecule has 2 nitrogen and oxygen atoms in total. The second kappa shape index (κ2) is 4.84. The van der Waals surface area contributed by atoms with E-state index in [1.807, 2.05) is 20.8 Å². The Morgan fingerprint density at radius 1 is 1.33 bits per heavy atom. The molecule has 1 N–H and O–H groups in total. The first-order chi connectivity index (χ1) is 5.54. The Labute approximate surface area is 75.5 Å². The van der Waals surface area contributed by atoms with Crippen LogP contribution in [0.3, 0.4) is 0 Å². The van der Waals surface area contributed by atoms with Crippen LogP contribution in [0, 0.1) is 0 Å². The van der Waals surface area contributed by atoms with E-state index in [4.69, 9.17) is 5.11 Å².